The molecule has 3 heterocycles. The van der Waals surface area contributed by atoms with Gasteiger partial charge in [0.05, 0.1) is 11.1 Å². The third-order valence-electron chi connectivity index (χ3n) is 4.61. The summed E-state index contributed by atoms with van der Waals surface area (Å²) >= 11 is 4.42. The van der Waals surface area contributed by atoms with E-state index in [0.29, 0.717) is 16.6 Å². The number of nitrogens with one attached hydrogen (secondary N) is 1. The molecular weight excluding hydrogens is 386 g/mol. The van der Waals surface area contributed by atoms with Gasteiger partial charge in [-0.3, -0.25) is 14.2 Å². The number of aromatic nitrogens is 2. The molecule has 1 N–H and O–H groups in total. The molecule has 1 aliphatic carbocycles. The van der Waals surface area contributed by atoms with E-state index < -0.39 is 0 Å². The lowest BCUT2D eigenvalue weighted by atomic mass is 10.2. The highest BCUT2D eigenvalue weighted by Gasteiger charge is 2.19. The number of hydrogen-bond acceptors (Lipinski definition) is 6. The highest BCUT2D eigenvalue weighted by Crippen LogP contribution is 2.34. The fourth-order valence-electron chi connectivity index (χ4n) is 3.26. The number of amides is 1. The minimum atomic E-state index is -0.0571. The third kappa shape index (κ3) is 3.45. The van der Waals surface area contributed by atoms with E-state index in [2.05, 4.69) is 10.3 Å². The van der Waals surface area contributed by atoms with Gasteiger partial charge in [-0.25, -0.2) is 4.98 Å². The van der Waals surface area contributed by atoms with Gasteiger partial charge in [0, 0.05) is 28.9 Å². The summed E-state index contributed by atoms with van der Waals surface area (Å²) in [5, 5.41) is 8.32. The Kier molecular flexibility index (Phi) is 5.15. The maximum Gasteiger partial charge on any atom is 0.263 e. The van der Waals surface area contributed by atoms with E-state index in [4.69, 9.17) is 0 Å². The summed E-state index contributed by atoms with van der Waals surface area (Å²) in [5.74, 6) is 0.299. The van der Waals surface area contributed by atoms with Gasteiger partial charge in [-0.2, -0.15) is 0 Å². The van der Waals surface area contributed by atoms with E-state index in [9.17, 15) is 9.59 Å². The van der Waals surface area contributed by atoms with E-state index in [1.165, 1.54) is 35.9 Å². The van der Waals surface area contributed by atoms with Crippen LogP contribution in [0.2, 0.25) is 0 Å². The number of thiophene rings is 2. The molecule has 0 radical (unpaired) electrons. The monoisotopic (exact) mass is 405 g/mol. The zero-order chi connectivity index (χ0) is 18.1. The highest BCUT2D eigenvalue weighted by atomic mass is 32.2. The van der Waals surface area contributed by atoms with Crippen LogP contribution < -0.4 is 10.9 Å². The fourth-order valence-corrected chi connectivity index (χ4v) is 5.85. The number of carbonyl (C=O) groups is 1. The van der Waals surface area contributed by atoms with Gasteiger partial charge in [0.25, 0.3) is 5.56 Å². The van der Waals surface area contributed by atoms with E-state index in [0.717, 1.165) is 28.1 Å². The van der Waals surface area contributed by atoms with E-state index in [1.807, 2.05) is 22.9 Å². The van der Waals surface area contributed by atoms with E-state index >= 15 is 0 Å². The molecule has 0 saturated heterocycles. The Morgan fingerprint density at radius 1 is 1.38 bits per heavy atom. The molecule has 26 heavy (non-hydrogen) atoms. The molecule has 3 aromatic rings. The second-order valence-electron chi connectivity index (χ2n) is 6.40. The number of thioether (sulfide) groups is 1. The van der Waals surface area contributed by atoms with Crippen LogP contribution in [0.15, 0.2) is 32.8 Å². The molecule has 0 spiro atoms. The second-order valence-corrected chi connectivity index (χ2v) is 9.15. The summed E-state index contributed by atoms with van der Waals surface area (Å²) in [6.07, 6.45) is 4.52. The van der Waals surface area contributed by atoms with Crippen molar-refractivity contribution in [1.82, 2.24) is 14.9 Å². The van der Waals surface area contributed by atoms with Gasteiger partial charge in [0.2, 0.25) is 5.91 Å². The number of hydrogen-bond donors (Lipinski definition) is 1. The van der Waals surface area contributed by atoms with Crippen molar-refractivity contribution in [3.05, 3.63) is 33.2 Å². The highest BCUT2D eigenvalue weighted by molar-refractivity contribution is 7.99. The number of carbonyl (C=O) groups excluding carboxylic acids is 1. The van der Waals surface area contributed by atoms with Crippen LogP contribution in [0.25, 0.3) is 20.7 Å². The summed E-state index contributed by atoms with van der Waals surface area (Å²) < 4.78 is 1.56. The standard InChI is InChI=1S/C18H19N3O2S3/c1-21-17(23)15-12(13-7-4-8-24-13)9-25-16(15)20-18(21)26-10-14(22)19-11-5-2-3-6-11/h4,7-9,11H,2-3,5-6,10H2,1H3,(H,19,22). The molecule has 1 saturated carbocycles. The first-order chi connectivity index (χ1) is 12.6. The van der Waals surface area contributed by atoms with Crippen molar-refractivity contribution in [3.63, 3.8) is 0 Å². The van der Waals surface area contributed by atoms with Crippen molar-refractivity contribution in [3.8, 4) is 10.4 Å². The van der Waals surface area contributed by atoms with Crippen molar-refractivity contribution >= 4 is 50.6 Å². The lowest BCUT2D eigenvalue weighted by molar-refractivity contribution is -0.119. The zero-order valence-electron chi connectivity index (χ0n) is 14.4. The Balaban J connectivity index is 1.56. The van der Waals surface area contributed by atoms with E-state index in [1.54, 1.807) is 23.0 Å². The lowest BCUT2D eigenvalue weighted by Gasteiger charge is -2.12. The average Bonchev–Trinajstić information content (AvgIpc) is 3.37. The summed E-state index contributed by atoms with van der Waals surface area (Å²) in [6, 6.07) is 4.31. The molecule has 1 aliphatic rings. The van der Waals surface area contributed by atoms with Crippen molar-refractivity contribution < 1.29 is 4.79 Å². The SMILES string of the molecule is Cn1c(SCC(=O)NC2CCCC2)nc2scc(-c3cccs3)c2c1=O. The maximum absolute atomic E-state index is 12.9. The number of nitrogens with zero attached hydrogens (tertiary/aromatic N) is 2. The normalized spacial score (nSPS) is 15.0. The van der Waals surface area contributed by atoms with E-state index in [-0.39, 0.29) is 17.2 Å². The van der Waals surface area contributed by atoms with Crippen LogP contribution in [0.4, 0.5) is 0 Å². The largest absolute Gasteiger partial charge is 0.353 e. The summed E-state index contributed by atoms with van der Waals surface area (Å²) in [5.41, 5.74) is 0.891. The van der Waals surface area contributed by atoms with Crippen LogP contribution in [0.1, 0.15) is 25.7 Å². The third-order valence-corrected chi connectivity index (χ3v) is 7.42. The molecule has 1 amide bonds. The Morgan fingerprint density at radius 2 is 2.19 bits per heavy atom. The first-order valence-corrected chi connectivity index (χ1v) is 11.3. The predicted octanol–water partition coefficient (Wildman–Crippen LogP) is 3.87. The summed E-state index contributed by atoms with van der Waals surface area (Å²) in [6.45, 7) is 0. The van der Waals surface area contributed by atoms with Crippen molar-refractivity contribution in [2.75, 3.05) is 5.75 Å². The topological polar surface area (TPSA) is 64.0 Å². The molecular formula is C18H19N3O2S3. The Morgan fingerprint density at radius 3 is 2.92 bits per heavy atom. The Bertz CT molecular complexity index is 985. The average molecular weight is 406 g/mol. The van der Waals surface area contributed by atoms with Gasteiger partial charge in [0.15, 0.2) is 5.16 Å². The quantitative estimate of drug-likeness (QED) is 0.517. The Hall–Kier alpha value is -1.64. The Labute approximate surface area is 163 Å². The van der Waals surface area contributed by atoms with Crippen LogP contribution in [-0.2, 0) is 11.8 Å². The van der Waals surface area contributed by atoms with Crippen molar-refractivity contribution in [2.24, 2.45) is 7.05 Å². The van der Waals surface area contributed by atoms with Crippen molar-refractivity contribution in [2.45, 2.75) is 36.9 Å². The van der Waals surface area contributed by atoms with Gasteiger partial charge in [-0.05, 0) is 24.3 Å². The second kappa shape index (κ2) is 7.54. The number of fused-ring (bicyclic) bond motifs is 1. The number of rotatable bonds is 5. The molecule has 4 rings (SSSR count). The molecule has 0 aromatic carbocycles. The summed E-state index contributed by atoms with van der Waals surface area (Å²) in [4.78, 5) is 31.5. The van der Waals surface area contributed by atoms with Gasteiger partial charge >= 0.3 is 0 Å². The maximum atomic E-state index is 12.9. The van der Waals surface area contributed by atoms with Crippen LogP contribution in [-0.4, -0.2) is 27.3 Å². The van der Waals surface area contributed by atoms with Crippen LogP contribution >= 0.6 is 34.4 Å². The van der Waals surface area contributed by atoms with Crippen molar-refractivity contribution in [1.29, 1.82) is 0 Å². The molecule has 0 aliphatic heterocycles. The van der Waals surface area contributed by atoms with Crippen LogP contribution in [0.3, 0.4) is 0 Å². The molecule has 0 bridgehead atoms. The molecule has 136 valence electrons. The summed E-state index contributed by atoms with van der Waals surface area (Å²) in [7, 11) is 1.72. The lowest BCUT2D eigenvalue weighted by Crippen LogP contribution is -2.34. The van der Waals surface area contributed by atoms with Gasteiger partial charge in [-0.15, -0.1) is 22.7 Å². The predicted molar refractivity (Wildman–Crippen MR) is 109 cm³/mol. The first kappa shape index (κ1) is 17.8. The molecule has 8 heteroatoms. The molecule has 0 unspecified atom stereocenters. The molecule has 5 nitrogen and oxygen atoms in total. The minimum absolute atomic E-state index is 0.0155. The zero-order valence-corrected chi connectivity index (χ0v) is 16.8. The first-order valence-electron chi connectivity index (χ1n) is 8.58. The molecule has 0 atom stereocenters. The van der Waals surface area contributed by atoms with Gasteiger partial charge in [0.1, 0.15) is 4.83 Å². The van der Waals surface area contributed by atoms with Crippen LogP contribution in [0.5, 0.6) is 0 Å². The van der Waals surface area contributed by atoms with Crippen LogP contribution in [0, 0.1) is 0 Å². The minimum Gasteiger partial charge on any atom is -0.353 e. The molecule has 3 aromatic heterocycles. The van der Waals surface area contributed by atoms with Gasteiger partial charge in [-0.1, -0.05) is 30.7 Å². The molecule has 1 fully saturated rings. The smallest absolute Gasteiger partial charge is 0.263 e. The fraction of sp³-hybridized carbons (Fsp3) is 0.389. The van der Waals surface area contributed by atoms with Gasteiger partial charge < -0.3 is 5.32 Å².